The molecule has 0 amide bonds. The van der Waals surface area contributed by atoms with E-state index in [1.54, 1.807) is 62.8 Å². The Balaban J connectivity index is 0.00000220. The number of hydrogen-bond acceptors (Lipinski definition) is 4. The molecular weight excluding hydrogens is 268 g/mol. The van der Waals surface area contributed by atoms with Crippen molar-refractivity contribution < 1.29 is 19.4 Å². The Hall–Kier alpha value is -2.33. The van der Waals surface area contributed by atoms with Gasteiger partial charge in [0.2, 0.25) is 0 Å². The molecule has 0 spiro atoms. The SMILES string of the molecule is C.COc1ccc(C(=O)C(O)c2ccc(OC)cc2)cc1. The first-order chi connectivity index (χ1) is 9.65. The Labute approximate surface area is 125 Å². The van der Waals surface area contributed by atoms with Crippen molar-refractivity contribution in [3.05, 3.63) is 59.7 Å². The van der Waals surface area contributed by atoms with Crippen LogP contribution in [0.2, 0.25) is 0 Å². The molecule has 2 rings (SSSR count). The summed E-state index contributed by atoms with van der Waals surface area (Å²) in [5.74, 6) is 0.996. The minimum absolute atomic E-state index is 0. The second kappa shape index (κ2) is 7.45. The quantitative estimate of drug-likeness (QED) is 0.858. The summed E-state index contributed by atoms with van der Waals surface area (Å²) >= 11 is 0. The van der Waals surface area contributed by atoms with Crippen LogP contribution in [-0.4, -0.2) is 25.1 Å². The van der Waals surface area contributed by atoms with E-state index in [0.717, 1.165) is 0 Å². The third-order valence-electron chi connectivity index (χ3n) is 3.05. The number of Topliss-reactive ketones (excluding diaryl/α,β-unsaturated/α-hetero) is 1. The summed E-state index contributed by atoms with van der Waals surface area (Å²) in [6.45, 7) is 0. The molecule has 0 heterocycles. The highest BCUT2D eigenvalue weighted by atomic mass is 16.5. The van der Waals surface area contributed by atoms with E-state index in [4.69, 9.17) is 9.47 Å². The number of carbonyl (C=O) groups is 1. The van der Waals surface area contributed by atoms with Gasteiger partial charge in [-0.3, -0.25) is 4.79 Å². The number of aliphatic hydroxyl groups is 1. The topological polar surface area (TPSA) is 55.8 Å². The summed E-state index contributed by atoms with van der Waals surface area (Å²) < 4.78 is 10.1. The maximum Gasteiger partial charge on any atom is 0.195 e. The Kier molecular flexibility index (Phi) is 5.93. The number of methoxy groups -OCH3 is 2. The lowest BCUT2D eigenvalue weighted by atomic mass is 10.00. The molecule has 0 fully saturated rings. The van der Waals surface area contributed by atoms with Crippen molar-refractivity contribution in [1.29, 1.82) is 0 Å². The normalized spacial score (nSPS) is 11.2. The van der Waals surface area contributed by atoms with Gasteiger partial charge in [0.15, 0.2) is 5.78 Å². The van der Waals surface area contributed by atoms with Gasteiger partial charge in [-0.1, -0.05) is 19.6 Å². The Morgan fingerprint density at radius 1 is 0.905 bits per heavy atom. The number of aliphatic hydroxyl groups excluding tert-OH is 1. The maximum absolute atomic E-state index is 12.2. The smallest absolute Gasteiger partial charge is 0.195 e. The van der Waals surface area contributed by atoms with E-state index >= 15 is 0 Å². The summed E-state index contributed by atoms with van der Waals surface area (Å²) in [5.41, 5.74) is 0.973. The fourth-order valence-electron chi connectivity index (χ4n) is 1.85. The van der Waals surface area contributed by atoms with Crippen LogP contribution in [-0.2, 0) is 0 Å². The average molecular weight is 288 g/mol. The molecule has 4 heteroatoms. The first-order valence-electron chi connectivity index (χ1n) is 6.16. The zero-order chi connectivity index (χ0) is 14.5. The average Bonchev–Trinajstić information content (AvgIpc) is 2.53. The van der Waals surface area contributed by atoms with Gasteiger partial charge in [-0.2, -0.15) is 0 Å². The second-order valence-corrected chi connectivity index (χ2v) is 4.27. The lowest BCUT2D eigenvalue weighted by molar-refractivity contribution is 0.0747. The Morgan fingerprint density at radius 2 is 1.33 bits per heavy atom. The predicted octanol–water partition coefficient (Wildman–Crippen LogP) is 3.26. The van der Waals surface area contributed by atoms with Crippen molar-refractivity contribution in [3.63, 3.8) is 0 Å². The summed E-state index contributed by atoms with van der Waals surface area (Å²) in [7, 11) is 3.12. The van der Waals surface area contributed by atoms with Gasteiger partial charge in [-0.05, 0) is 42.0 Å². The van der Waals surface area contributed by atoms with Crippen molar-refractivity contribution in [2.24, 2.45) is 0 Å². The highest BCUT2D eigenvalue weighted by Gasteiger charge is 2.19. The van der Waals surface area contributed by atoms with Gasteiger partial charge >= 0.3 is 0 Å². The molecule has 21 heavy (non-hydrogen) atoms. The highest BCUT2D eigenvalue weighted by molar-refractivity contribution is 5.99. The largest absolute Gasteiger partial charge is 0.497 e. The molecule has 0 saturated carbocycles. The number of hydrogen-bond donors (Lipinski definition) is 1. The lowest BCUT2D eigenvalue weighted by Crippen LogP contribution is -2.12. The van der Waals surface area contributed by atoms with Crippen LogP contribution in [0.3, 0.4) is 0 Å². The number of ether oxygens (including phenoxy) is 2. The fraction of sp³-hybridized carbons (Fsp3) is 0.235. The minimum Gasteiger partial charge on any atom is -0.497 e. The van der Waals surface area contributed by atoms with Gasteiger partial charge in [-0.25, -0.2) is 0 Å². The standard InChI is InChI=1S/C16H16O4.CH4/c1-19-13-7-3-11(4-8-13)15(17)16(18)12-5-9-14(20-2)10-6-12;/h3-10,15,17H,1-2H3;1H4. The molecule has 1 N–H and O–H groups in total. The summed E-state index contributed by atoms with van der Waals surface area (Å²) in [4.78, 5) is 12.2. The van der Waals surface area contributed by atoms with E-state index in [1.807, 2.05) is 0 Å². The zero-order valence-electron chi connectivity index (χ0n) is 11.4. The molecular formula is C17H20O4. The molecule has 0 saturated heterocycles. The molecule has 0 radical (unpaired) electrons. The zero-order valence-corrected chi connectivity index (χ0v) is 11.4. The van der Waals surface area contributed by atoms with E-state index in [9.17, 15) is 9.90 Å². The predicted molar refractivity (Wildman–Crippen MR) is 82.0 cm³/mol. The van der Waals surface area contributed by atoms with Crippen LogP contribution in [0.15, 0.2) is 48.5 Å². The van der Waals surface area contributed by atoms with Crippen LogP contribution in [0, 0.1) is 0 Å². The van der Waals surface area contributed by atoms with E-state index < -0.39 is 6.10 Å². The van der Waals surface area contributed by atoms with Gasteiger partial charge in [0.25, 0.3) is 0 Å². The van der Waals surface area contributed by atoms with Crippen molar-refractivity contribution >= 4 is 5.78 Å². The van der Waals surface area contributed by atoms with E-state index in [-0.39, 0.29) is 13.2 Å². The van der Waals surface area contributed by atoms with Crippen LogP contribution in [0.1, 0.15) is 29.5 Å². The van der Waals surface area contributed by atoms with Gasteiger partial charge < -0.3 is 14.6 Å². The van der Waals surface area contributed by atoms with Crippen molar-refractivity contribution in [2.75, 3.05) is 14.2 Å². The van der Waals surface area contributed by atoms with Gasteiger partial charge in [-0.15, -0.1) is 0 Å². The van der Waals surface area contributed by atoms with Crippen LogP contribution in [0.4, 0.5) is 0 Å². The molecule has 1 atom stereocenters. The molecule has 112 valence electrons. The van der Waals surface area contributed by atoms with E-state index in [1.165, 1.54) is 0 Å². The molecule has 2 aromatic carbocycles. The number of ketones is 1. The van der Waals surface area contributed by atoms with Crippen LogP contribution in [0.25, 0.3) is 0 Å². The maximum atomic E-state index is 12.2. The molecule has 0 aromatic heterocycles. The van der Waals surface area contributed by atoms with Gasteiger partial charge in [0.05, 0.1) is 14.2 Å². The third kappa shape index (κ3) is 3.83. The minimum atomic E-state index is -1.19. The molecule has 0 aliphatic rings. The Bertz CT molecular complexity index is 573. The summed E-state index contributed by atoms with van der Waals surface area (Å²) in [6, 6.07) is 13.4. The highest BCUT2D eigenvalue weighted by Crippen LogP contribution is 2.22. The summed E-state index contributed by atoms with van der Waals surface area (Å²) in [5, 5.41) is 10.1. The number of rotatable bonds is 5. The molecule has 0 aliphatic heterocycles. The van der Waals surface area contributed by atoms with Crippen molar-refractivity contribution in [3.8, 4) is 11.5 Å². The molecule has 1 unspecified atom stereocenters. The Morgan fingerprint density at radius 3 is 1.76 bits per heavy atom. The van der Waals surface area contributed by atoms with Crippen LogP contribution in [0.5, 0.6) is 11.5 Å². The lowest BCUT2D eigenvalue weighted by Gasteiger charge is -2.11. The van der Waals surface area contributed by atoms with Gasteiger partial charge in [0.1, 0.15) is 17.6 Å². The molecule has 0 bridgehead atoms. The van der Waals surface area contributed by atoms with Crippen molar-refractivity contribution in [1.82, 2.24) is 0 Å². The van der Waals surface area contributed by atoms with Gasteiger partial charge in [0, 0.05) is 5.56 Å². The van der Waals surface area contributed by atoms with Crippen molar-refractivity contribution in [2.45, 2.75) is 13.5 Å². The molecule has 4 nitrogen and oxygen atoms in total. The number of benzene rings is 2. The number of carbonyl (C=O) groups excluding carboxylic acids is 1. The fourth-order valence-corrected chi connectivity index (χ4v) is 1.85. The monoisotopic (exact) mass is 288 g/mol. The molecule has 2 aromatic rings. The van der Waals surface area contributed by atoms with Crippen LogP contribution < -0.4 is 9.47 Å². The van der Waals surface area contributed by atoms with E-state index in [0.29, 0.717) is 22.6 Å². The third-order valence-corrected chi connectivity index (χ3v) is 3.05. The second-order valence-electron chi connectivity index (χ2n) is 4.27. The van der Waals surface area contributed by atoms with E-state index in [2.05, 4.69) is 0 Å². The first-order valence-corrected chi connectivity index (χ1v) is 6.16. The van der Waals surface area contributed by atoms with Crippen LogP contribution >= 0.6 is 0 Å². The summed E-state index contributed by atoms with van der Waals surface area (Å²) in [6.07, 6.45) is -1.19. The first kappa shape index (κ1) is 16.7. The molecule has 0 aliphatic carbocycles.